The van der Waals surface area contributed by atoms with Gasteiger partial charge in [0.05, 0.1) is 25.6 Å². The molecule has 1 aromatic heterocycles. The van der Waals surface area contributed by atoms with Crippen molar-refractivity contribution in [3.63, 3.8) is 0 Å². The fraction of sp³-hybridized carbons (Fsp3) is 0.154. The second-order valence-corrected chi connectivity index (χ2v) is 3.41. The first kappa shape index (κ1) is 10.6. The summed E-state index contributed by atoms with van der Waals surface area (Å²) in [6, 6.07) is 11.7. The Bertz CT molecular complexity index is 469. The Morgan fingerprint density at radius 2 is 2.00 bits per heavy atom. The number of ether oxygens (including phenoxy) is 1. The lowest BCUT2D eigenvalue weighted by Gasteiger charge is -2.07. The van der Waals surface area contributed by atoms with Crippen LogP contribution in [0, 0.1) is 0 Å². The second-order valence-electron chi connectivity index (χ2n) is 3.41. The normalized spacial score (nSPS) is 10.1. The van der Waals surface area contributed by atoms with E-state index >= 15 is 0 Å². The van der Waals surface area contributed by atoms with Gasteiger partial charge in [-0.2, -0.15) is 0 Å². The predicted octanol–water partition coefficient (Wildman–Crippen LogP) is 2.25. The quantitative estimate of drug-likeness (QED) is 0.853. The predicted molar refractivity (Wildman–Crippen MR) is 62.1 cm³/mol. The standard InChI is InChI=1S/C13H13NO2/c1-16-13-8-14-12(7-11(13)9-15)10-5-3-2-4-6-10/h2-8,15H,9H2,1H3. The number of hydrogen-bond donors (Lipinski definition) is 1. The topological polar surface area (TPSA) is 42.4 Å². The summed E-state index contributed by atoms with van der Waals surface area (Å²) >= 11 is 0. The molecule has 0 spiro atoms. The molecule has 0 saturated carbocycles. The Morgan fingerprint density at radius 3 is 2.62 bits per heavy atom. The monoisotopic (exact) mass is 215 g/mol. The van der Waals surface area contributed by atoms with Gasteiger partial charge in [0.15, 0.2) is 0 Å². The van der Waals surface area contributed by atoms with Gasteiger partial charge >= 0.3 is 0 Å². The number of aromatic nitrogens is 1. The molecule has 0 aliphatic rings. The molecule has 1 heterocycles. The van der Waals surface area contributed by atoms with Crippen molar-refractivity contribution in [2.24, 2.45) is 0 Å². The van der Waals surface area contributed by atoms with Crippen molar-refractivity contribution < 1.29 is 9.84 Å². The molecule has 2 aromatic rings. The van der Waals surface area contributed by atoms with Gasteiger partial charge in [-0.25, -0.2) is 0 Å². The minimum absolute atomic E-state index is 0.0501. The summed E-state index contributed by atoms with van der Waals surface area (Å²) in [5.41, 5.74) is 2.61. The lowest BCUT2D eigenvalue weighted by Crippen LogP contribution is -1.94. The van der Waals surface area contributed by atoms with E-state index in [9.17, 15) is 5.11 Å². The van der Waals surface area contributed by atoms with E-state index in [4.69, 9.17) is 4.74 Å². The van der Waals surface area contributed by atoms with E-state index in [-0.39, 0.29) is 6.61 Å². The molecular weight excluding hydrogens is 202 g/mol. The summed E-state index contributed by atoms with van der Waals surface area (Å²) in [7, 11) is 1.57. The fourth-order valence-electron chi connectivity index (χ4n) is 1.56. The Hall–Kier alpha value is -1.87. The highest BCUT2D eigenvalue weighted by Crippen LogP contribution is 2.23. The van der Waals surface area contributed by atoms with E-state index in [2.05, 4.69) is 4.98 Å². The maximum atomic E-state index is 9.21. The summed E-state index contributed by atoms with van der Waals surface area (Å²) in [5, 5.41) is 9.21. The Labute approximate surface area is 94.3 Å². The number of aliphatic hydroxyl groups is 1. The highest BCUT2D eigenvalue weighted by molar-refractivity contribution is 5.60. The van der Waals surface area contributed by atoms with Crippen LogP contribution in [0.25, 0.3) is 11.3 Å². The van der Waals surface area contributed by atoms with Gasteiger partial charge in [-0.3, -0.25) is 4.98 Å². The summed E-state index contributed by atoms with van der Waals surface area (Å²) in [6.45, 7) is -0.0501. The lowest BCUT2D eigenvalue weighted by molar-refractivity contribution is 0.273. The molecule has 3 nitrogen and oxygen atoms in total. The van der Waals surface area contributed by atoms with Gasteiger partial charge < -0.3 is 9.84 Å². The van der Waals surface area contributed by atoms with Gasteiger partial charge in [0.2, 0.25) is 0 Å². The first-order valence-electron chi connectivity index (χ1n) is 5.04. The van der Waals surface area contributed by atoms with Crippen LogP contribution < -0.4 is 4.74 Å². The van der Waals surface area contributed by atoms with E-state index in [1.54, 1.807) is 13.3 Å². The van der Waals surface area contributed by atoms with Crippen molar-refractivity contribution in [2.75, 3.05) is 7.11 Å². The third kappa shape index (κ3) is 2.04. The van der Waals surface area contributed by atoms with Gasteiger partial charge in [0, 0.05) is 11.1 Å². The Morgan fingerprint density at radius 1 is 1.25 bits per heavy atom. The Balaban J connectivity index is 2.44. The number of benzene rings is 1. The first-order valence-corrected chi connectivity index (χ1v) is 5.04. The molecule has 0 amide bonds. The molecule has 16 heavy (non-hydrogen) atoms. The minimum Gasteiger partial charge on any atom is -0.495 e. The summed E-state index contributed by atoms with van der Waals surface area (Å²) in [5.74, 6) is 0.613. The van der Waals surface area contributed by atoms with Crippen molar-refractivity contribution in [3.8, 4) is 17.0 Å². The zero-order valence-electron chi connectivity index (χ0n) is 9.05. The highest BCUT2D eigenvalue weighted by Gasteiger charge is 2.05. The molecule has 0 fully saturated rings. The number of nitrogens with zero attached hydrogens (tertiary/aromatic N) is 1. The van der Waals surface area contributed by atoms with Crippen molar-refractivity contribution in [2.45, 2.75) is 6.61 Å². The van der Waals surface area contributed by atoms with Gasteiger partial charge in [0.25, 0.3) is 0 Å². The van der Waals surface area contributed by atoms with E-state index in [1.807, 2.05) is 36.4 Å². The smallest absolute Gasteiger partial charge is 0.142 e. The van der Waals surface area contributed by atoms with E-state index in [0.29, 0.717) is 5.75 Å². The van der Waals surface area contributed by atoms with Crippen LogP contribution in [0.15, 0.2) is 42.6 Å². The molecule has 0 aliphatic heterocycles. The molecule has 1 aromatic carbocycles. The van der Waals surface area contributed by atoms with E-state index < -0.39 is 0 Å². The van der Waals surface area contributed by atoms with Crippen LogP contribution in [0.4, 0.5) is 0 Å². The summed E-state index contributed by atoms with van der Waals surface area (Å²) in [4.78, 5) is 4.29. The van der Waals surface area contributed by atoms with Crippen LogP contribution in [-0.4, -0.2) is 17.2 Å². The number of pyridine rings is 1. The third-order valence-electron chi connectivity index (χ3n) is 2.41. The lowest BCUT2D eigenvalue weighted by atomic mass is 10.1. The van der Waals surface area contributed by atoms with Gasteiger partial charge in [-0.15, -0.1) is 0 Å². The van der Waals surface area contributed by atoms with Crippen LogP contribution >= 0.6 is 0 Å². The minimum atomic E-state index is -0.0501. The molecule has 1 N–H and O–H groups in total. The zero-order valence-corrected chi connectivity index (χ0v) is 9.05. The zero-order chi connectivity index (χ0) is 11.4. The molecular formula is C13H13NO2. The SMILES string of the molecule is COc1cnc(-c2ccccc2)cc1CO. The second kappa shape index (κ2) is 4.77. The average molecular weight is 215 g/mol. The molecule has 82 valence electrons. The van der Waals surface area contributed by atoms with Crippen LogP contribution in [0.3, 0.4) is 0 Å². The molecule has 0 bridgehead atoms. The third-order valence-corrected chi connectivity index (χ3v) is 2.41. The van der Waals surface area contributed by atoms with Crippen LogP contribution in [0.1, 0.15) is 5.56 Å². The van der Waals surface area contributed by atoms with Gasteiger partial charge in [0.1, 0.15) is 5.75 Å². The maximum absolute atomic E-state index is 9.21. The van der Waals surface area contributed by atoms with Crippen molar-refractivity contribution >= 4 is 0 Å². The number of methoxy groups -OCH3 is 1. The summed E-state index contributed by atoms with van der Waals surface area (Å²) < 4.78 is 5.10. The number of rotatable bonds is 3. The molecule has 2 rings (SSSR count). The molecule has 3 heteroatoms. The number of hydrogen-bond acceptors (Lipinski definition) is 3. The molecule has 0 aliphatic carbocycles. The van der Waals surface area contributed by atoms with Crippen molar-refractivity contribution in [1.29, 1.82) is 0 Å². The molecule has 0 saturated heterocycles. The fourth-order valence-corrected chi connectivity index (χ4v) is 1.56. The average Bonchev–Trinajstić information content (AvgIpc) is 2.39. The Kier molecular flexibility index (Phi) is 3.17. The number of aliphatic hydroxyl groups excluding tert-OH is 1. The van der Waals surface area contributed by atoms with Gasteiger partial charge in [-0.05, 0) is 6.07 Å². The van der Waals surface area contributed by atoms with Gasteiger partial charge in [-0.1, -0.05) is 30.3 Å². The molecule has 0 unspecified atom stereocenters. The largest absolute Gasteiger partial charge is 0.495 e. The molecule has 0 radical (unpaired) electrons. The highest BCUT2D eigenvalue weighted by atomic mass is 16.5. The maximum Gasteiger partial charge on any atom is 0.142 e. The van der Waals surface area contributed by atoms with Crippen molar-refractivity contribution in [1.82, 2.24) is 4.98 Å². The van der Waals surface area contributed by atoms with E-state index in [0.717, 1.165) is 16.8 Å². The molecule has 0 atom stereocenters. The van der Waals surface area contributed by atoms with Crippen LogP contribution in [-0.2, 0) is 6.61 Å². The van der Waals surface area contributed by atoms with Crippen molar-refractivity contribution in [3.05, 3.63) is 48.2 Å². The first-order chi connectivity index (χ1) is 7.85. The van der Waals surface area contributed by atoms with Crippen LogP contribution in [0.2, 0.25) is 0 Å². The van der Waals surface area contributed by atoms with Crippen LogP contribution in [0.5, 0.6) is 5.75 Å². The van der Waals surface area contributed by atoms with E-state index in [1.165, 1.54) is 0 Å². The summed E-state index contributed by atoms with van der Waals surface area (Å²) in [6.07, 6.45) is 1.63.